The van der Waals surface area contributed by atoms with E-state index in [1.165, 1.54) is 12.5 Å². The summed E-state index contributed by atoms with van der Waals surface area (Å²) in [5.41, 5.74) is 6.34. The third-order valence-corrected chi connectivity index (χ3v) is 2.89. The van der Waals surface area contributed by atoms with Crippen molar-refractivity contribution >= 4 is 11.7 Å². The second-order valence-corrected chi connectivity index (χ2v) is 4.65. The number of carbonyl (C=O) groups excluding carboxylic acids is 1. The molecule has 2 aromatic heterocycles. The first-order valence-corrected chi connectivity index (χ1v) is 7.15. The van der Waals surface area contributed by atoms with E-state index in [4.69, 9.17) is 19.6 Å². The highest BCUT2D eigenvalue weighted by Crippen LogP contribution is 2.23. The highest BCUT2D eigenvalue weighted by molar-refractivity contribution is 5.87. The molecule has 2 N–H and O–H groups in total. The third-order valence-electron chi connectivity index (χ3n) is 2.89. The molecule has 0 atom stereocenters. The van der Waals surface area contributed by atoms with Crippen LogP contribution in [-0.4, -0.2) is 27.5 Å². The number of hydrogen-bond acceptors (Lipinski definition) is 8. The maximum absolute atomic E-state index is 11.6. The number of ether oxygens (including phenoxy) is 2. The maximum Gasteiger partial charge on any atom is 0.360 e. The molecule has 8 nitrogen and oxygen atoms in total. The van der Waals surface area contributed by atoms with Gasteiger partial charge >= 0.3 is 5.97 Å². The van der Waals surface area contributed by atoms with Gasteiger partial charge in [-0.05, 0) is 19.1 Å². The quantitative estimate of drug-likeness (QED) is 0.562. The van der Waals surface area contributed by atoms with Crippen LogP contribution in [-0.2, 0) is 4.74 Å². The maximum atomic E-state index is 11.6. The van der Waals surface area contributed by atoms with Gasteiger partial charge in [0.25, 0.3) is 5.89 Å². The number of hydrogen-bond donors (Lipinski definition) is 1. The van der Waals surface area contributed by atoms with Gasteiger partial charge < -0.3 is 19.6 Å². The molecule has 0 aliphatic heterocycles. The van der Waals surface area contributed by atoms with Gasteiger partial charge in [0, 0.05) is 24.0 Å². The molecule has 0 spiro atoms. The predicted octanol–water partition coefficient (Wildman–Crippen LogP) is 2.68. The van der Waals surface area contributed by atoms with Gasteiger partial charge in [0.1, 0.15) is 12.0 Å². The van der Waals surface area contributed by atoms with Crippen molar-refractivity contribution in [1.29, 1.82) is 0 Å². The van der Waals surface area contributed by atoms with Crippen LogP contribution in [0.3, 0.4) is 0 Å². The van der Waals surface area contributed by atoms with Gasteiger partial charge in [-0.15, -0.1) is 0 Å². The Hall–Kier alpha value is -3.42. The van der Waals surface area contributed by atoms with Crippen molar-refractivity contribution in [3.05, 3.63) is 48.5 Å². The Morgan fingerprint density at radius 3 is 2.96 bits per heavy atom. The fourth-order valence-corrected chi connectivity index (χ4v) is 1.88. The number of carbonyl (C=O) groups is 1. The van der Waals surface area contributed by atoms with Crippen molar-refractivity contribution in [2.45, 2.75) is 6.92 Å². The number of esters is 1. The van der Waals surface area contributed by atoms with Crippen molar-refractivity contribution in [3.63, 3.8) is 0 Å². The second kappa shape index (κ2) is 6.78. The third kappa shape index (κ3) is 3.49. The Balaban J connectivity index is 1.81. The second-order valence-electron chi connectivity index (χ2n) is 4.65. The van der Waals surface area contributed by atoms with Gasteiger partial charge in [-0.1, -0.05) is 6.07 Å². The smallest absolute Gasteiger partial charge is 0.360 e. The van der Waals surface area contributed by atoms with Crippen LogP contribution < -0.4 is 10.5 Å². The number of anilines is 1. The molecule has 0 unspecified atom stereocenters. The summed E-state index contributed by atoms with van der Waals surface area (Å²) in [6.07, 6.45) is 2.69. The van der Waals surface area contributed by atoms with E-state index in [0.29, 0.717) is 17.3 Å². The zero-order valence-electron chi connectivity index (χ0n) is 12.8. The van der Waals surface area contributed by atoms with Crippen LogP contribution in [0.5, 0.6) is 11.6 Å². The largest absolute Gasteiger partial charge is 0.461 e. The number of rotatable bonds is 5. The number of nitrogen functional groups attached to an aromatic ring is 1. The average Bonchev–Trinajstić information content (AvgIpc) is 3.05. The number of nitrogens with two attached hydrogens (primary N) is 1. The lowest BCUT2D eigenvalue weighted by Gasteiger charge is -2.05. The van der Waals surface area contributed by atoms with Crippen LogP contribution in [0.2, 0.25) is 0 Å². The Labute approximate surface area is 137 Å². The molecule has 24 heavy (non-hydrogen) atoms. The molecule has 2 heterocycles. The van der Waals surface area contributed by atoms with E-state index in [9.17, 15) is 4.79 Å². The summed E-state index contributed by atoms with van der Waals surface area (Å²) in [5, 5.41) is 0. The minimum atomic E-state index is -0.570. The molecule has 0 radical (unpaired) electrons. The van der Waals surface area contributed by atoms with Gasteiger partial charge in [-0.2, -0.15) is 9.97 Å². The van der Waals surface area contributed by atoms with E-state index >= 15 is 0 Å². The molecular formula is C16H14N4O4. The summed E-state index contributed by atoms with van der Waals surface area (Å²) in [4.78, 5) is 23.9. The van der Waals surface area contributed by atoms with Crippen LogP contribution in [0.1, 0.15) is 17.4 Å². The molecule has 122 valence electrons. The molecule has 0 amide bonds. The summed E-state index contributed by atoms with van der Waals surface area (Å²) in [6, 6.07) is 8.53. The fourth-order valence-electron chi connectivity index (χ4n) is 1.88. The van der Waals surface area contributed by atoms with Crippen LogP contribution in [0.25, 0.3) is 11.7 Å². The van der Waals surface area contributed by atoms with Crippen molar-refractivity contribution in [1.82, 2.24) is 15.0 Å². The molecular weight excluding hydrogens is 312 g/mol. The molecule has 1 aromatic carbocycles. The monoisotopic (exact) mass is 326 g/mol. The number of aromatic nitrogens is 3. The van der Waals surface area contributed by atoms with Crippen LogP contribution in [0, 0.1) is 0 Å². The van der Waals surface area contributed by atoms with Crippen LogP contribution >= 0.6 is 0 Å². The summed E-state index contributed by atoms with van der Waals surface area (Å²) in [5.74, 6) is 0.545. The lowest BCUT2D eigenvalue weighted by Crippen LogP contribution is -2.04. The van der Waals surface area contributed by atoms with E-state index in [2.05, 4.69) is 15.0 Å². The van der Waals surface area contributed by atoms with Crippen LogP contribution in [0.4, 0.5) is 5.69 Å². The number of benzene rings is 1. The van der Waals surface area contributed by atoms with E-state index in [1.54, 1.807) is 37.3 Å². The highest BCUT2D eigenvalue weighted by Gasteiger charge is 2.16. The zero-order chi connectivity index (χ0) is 16.9. The Bertz CT molecular complexity index is 863. The lowest BCUT2D eigenvalue weighted by atomic mass is 10.3. The first-order chi connectivity index (χ1) is 11.7. The van der Waals surface area contributed by atoms with Crippen LogP contribution in [0.15, 0.2) is 47.2 Å². The first-order valence-electron chi connectivity index (χ1n) is 7.15. The van der Waals surface area contributed by atoms with E-state index in [1.807, 2.05) is 0 Å². The standard InChI is InChI=1S/C16H14N4O4/c1-2-22-16(21)12-9-23-15(19-12)14-18-7-6-13(20-14)24-11-5-3-4-10(17)8-11/h3-9H,2,17H2,1H3. The van der Waals surface area contributed by atoms with Crippen molar-refractivity contribution < 1.29 is 18.7 Å². The summed E-state index contributed by atoms with van der Waals surface area (Å²) >= 11 is 0. The Kier molecular flexibility index (Phi) is 4.37. The average molecular weight is 326 g/mol. The normalized spacial score (nSPS) is 10.4. The van der Waals surface area contributed by atoms with Crippen molar-refractivity contribution in [3.8, 4) is 23.3 Å². The van der Waals surface area contributed by atoms with E-state index in [0.717, 1.165) is 0 Å². The van der Waals surface area contributed by atoms with Gasteiger partial charge in [0.15, 0.2) is 5.69 Å². The zero-order valence-corrected chi connectivity index (χ0v) is 12.8. The molecule has 0 saturated heterocycles. The molecule has 0 saturated carbocycles. The van der Waals surface area contributed by atoms with Gasteiger partial charge in [-0.25, -0.2) is 9.78 Å². The first kappa shape index (κ1) is 15.5. The number of nitrogens with zero attached hydrogens (tertiary/aromatic N) is 3. The highest BCUT2D eigenvalue weighted by atomic mass is 16.5. The van der Waals surface area contributed by atoms with Crippen molar-refractivity contribution in [2.24, 2.45) is 0 Å². The molecule has 0 bridgehead atoms. The van der Waals surface area contributed by atoms with Crippen molar-refractivity contribution in [2.75, 3.05) is 12.3 Å². The summed E-state index contributed by atoms with van der Waals surface area (Å²) in [6.45, 7) is 1.96. The fraction of sp³-hybridized carbons (Fsp3) is 0.125. The van der Waals surface area contributed by atoms with Gasteiger partial charge in [-0.3, -0.25) is 0 Å². The SMILES string of the molecule is CCOC(=O)c1coc(-c2nccc(Oc3cccc(N)c3)n2)n1. The summed E-state index contributed by atoms with van der Waals surface area (Å²) in [7, 11) is 0. The van der Waals surface area contributed by atoms with E-state index in [-0.39, 0.29) is 24.0 Å². The number of oxazole rings is 1. The summed E-state index contributed by atoms with van der Waals surface area (Å²) < 4.78 is 15.7. The predicted molar refractivity (Wildman–Crippen MR) is 84.4 cm³/mol. The molecule has 8 heteroatoms. The minimum absolute atomic E-state index is 0.0533. The molecule has 3 aromatic rings. The minimum Gasteiger partial charge on any atom is -0.461 e. The molecule has 3 rings (SSSR count). The molecule has 0 fully saturated rings. The topological polar surface area (TPSA) is 113 Å². The lowest BCUT2D eigenvalue weighted by molar-refractivity contribution is 0.0519. The van der Waals surface area contributed by atoms with Gasteiger partial charge in [0.05, 0.1) is 6.61 Å². The van der Waals surface area contributed by atoms with E-state index < -0.39 is 5.97 Å². The Morgan fingerprint density at radius 2 is 2.17 bits per heavy atom. The Morgan fingerprint density at radius 1 is 1.29 bits per heavy atom. The molecule has 0 aliphatic carbocycles. The van der Waals surface area contributed by atoms with Gasteiger partial charge in [0.2, 0.25) is 11.7 Å². The molecule has 0 aliphatic rings.